The summed E-state index contributed by atoms with van der Waals surface area (Å²) < 4.78 is 1.85. The molecule has 0 spiro atoms. The van der Waals surface area contributed by atoms with Crippen LogP contribution in [0, 0.1) is 0 Å². The van der Waals surface area contributed by atoms with E-state index in [1.54, 1.807) is 6.20 Å². The minimum absolute atomic E-state index is 0.504. The van der Waals surface area contributed by atoms with Crippen LogP contribution in [0.1, 0.15) is 36.2 Å². The number of pyridine rings is 1. The first-order valence-electron chi connectivity index (χ1n) is 8.18. The number of imidazole rings is 1. The molecular weight excluding hydrogens is 300 g/mol. The van der Waals surface area contributed by atoms with Crippen molar-refractivity contribution >= 4 is 11.0 Å². The fourth-order valence-electron chi connectivity index (χ4n) is 2.89. The van der Waals surface area contributed by atoms with Gasteiger partial charge in [0.2, 0.25) is 0 Å². The number of hydrogen-bond acceptors (Lipinski definition) is 4. The predicted octanol–water partition coefficient (Wildman–Crippen LogP) is 3.01. The first kappa shape index (κ1) is 13.4. The van der Waals surface area contributed by atoms with Crippen molar-refractivity contribution in [3.63, 3.8) is 0 Å². The number of fused-ring (bicyclic) bond motifs is 1. The number of hydrogen-bond donors (Lipinski definition) is 1. The predicted molar refractivity (Wildman–Crippen MR) is 90.0 cm³/mol. The van der Waals surface area contributed by atoms with E-state index in [0.717, 1.165) is 34.3 Å². The smallest absolute Gasteiger partial charge is 0.155 e. The second-order valence-corrected chi connectivity index (χ2v) is 6.14. The lowest BCUT2D eigenvalue weighted by molar-refractivity contribution is 0.767. The fraction of sp³-hybridized carbons (Fsp3) is 0.222. The summed E-state index contributed by atoms with van der Waals surface area (Å²) in [7, 11) is 0. The van der Waals surface area contributed by atoms with Crippen LogP contribution in [-0.4, -0.2) is 29.7 Å². The van der Waals surface area contributed by atoms with Gasteiger partial charge >= 0.3 is 0 Å². The molecule has 0 radical (unpaired) electrons. The van der Waals surface area contributed by atoms with Crippen LogP contribution in [0.5, 0.6) is 0 Å². The molecule has 1 aliphatic rings. The minimum atomic E-state index is 0.504. The Morgan fingerprint density at radius 2 is 1.92 bits per heavy atom. The van der Waals surface area contributed by atoms with Crippen molar-refractivity contribution in [1.29, 1.82) is 0 Å². The monoisotopic (exact) mass is 316 g/mol. The number of H-pyrrole nitrogens is 1. The molecule has 0 saturated heterocycles. The van der Waals surface area contributed by atoms with Crippen molar-refractivity contribution in [2.45, 2.75) is 25.2 Å². The Morgan fingerprint density at radius 3 is 2.71 bits per heavy atom. The van der Waals surface area contributed by atoms with Crippen LogP contribution < -0.4 is 0 Å². The van der Waals surface area contributed by atoms with E-state index < -0.39 is 0 Å². The van der Waals surface area contributed by atoms with E-state index >= 15 is 0 Å². The molecule has 4 aromatic rings. The lowest BCUT2D eigenvalue weighted by atomic mass is 10.3. The summed E-state index contributed by atoms with van der Waals surface area (Å²) in [4.78, 5) is 17.2. The Kier molecular flexibility index (Phi) is 2.94. The van der Waals surface area contributed by atoms with Crippen LogP contribution in [0.2, 0.25) is 0 Å². The van der Waals surface area contributed by atoms with Crippen LogP contribution in [-0.2, 0) is 6.42 Å². The highest BCUT2D eigenvalue weighted by Crippen LogP contribution is 2.38. The van der Waals surface area contributed by atoms with Crippen LogP contribution in [0.25, 0.3) is 16.9 Å². The van der Waals surface area contributed by atoms with Gasteiger partial charge in [-0.2, -0.15) is 4.68 Å². The van der Waals surface area contributed by atoms with Gasteiger partial charge in [0.1, 0.15) is 11.6 Å². The van der Waals surface area contributed by atoms with Crippen molar-refractivity contribution in [1.82, 2.24) is 29.7 Å². The summed E-state index contributed by atoms with van der Waals surface area (Å²) in [6.45, 7) is 0. The van der Waals surface area contributed by atoms with Gasteiger partial charge in [-0.3, -0.25) is 0 Å². The number of para-hydroxylation sites is 2. The quantitative estimate of drug-likeness (QED) is 0.628. The average Bonchev–Trinajstić information content (AvgIpc) is 3.26. The van der Waals surface area contributed by atoms with Crippen molar-refractivity contribution < 1.29 is 0 Å². The maximum Gasteiger partial charge on any atom is 0.155 e. The Balaban J connectivity index is 1.56. The number of rotatable bonds is 4. The number of benzene rings is 1. The van der Waals surface area contributed by atoms with Crippen molar-refractivity contribution in [2.24, 2.45) is 0 Å². The van der Waals surface area contributed by atoms with Crippen molar-refractivity contribution in [2.75, 3.05) is 0 Å². The lowest BCUT2D eigenvalue weighted by Gasteiger charge is -2.03. The van der Waals surface area contributed by atoms with Gasteiger partial charge in [-0.05, 0) is 37.1 Å². The number of aromatic amines is 1. The van der Waals surface area contributed by atoms with Gasteiger partial charge in [0.15, 0.2) is 11.6 Å². The summed E-state index contributed by atoms with van der Waals surface area (Å²) >= 11 is 0. The highest BCUT2D eigenvalue weighted by Gasteiger charge is 2.29. The molecular formula is C18H16N6. The zero-order valence-electron chi connectivity index (χ0n) is 13.1. The van der Waals surface area contributed by atoms with Crippen LogP contribution in [0.4, 0.5) is 0 Å². The van der Waals surface area contributed by atoms with Crippen molar-refractivity contribution in [3.8, 4) is 5.82 Å². The molecule has 5 rings (SSSR count). The summed E-state index contributed by atoms with van der Waals surface area (Å²) in [5, 5.41) is 4.69. The highest BCUT2D eigenvalue weighted by molar-refractivity contribution is 5.74. The Bertz CT molecular complexity index is 964. The molecule has 3 heterocycles. The van der Waals surface area contributed by atoms with Crippen LogP contribution >= 0.6 is 0 Å². The topological polar surface area (TPSA) is 72.3 Å². The van der Waals surface area contributed by atoms with Crippen LogP contribution in [0.3, 0.4) is 0 Å². The van der Waals surface area contributed by atoms with E-state index in [1.807, 2.05) is 47.1 Å². The molecule has 1 N–H and O–H groups in total. The molecule has 1 aliphatic carbocycles. The van der Waals surface area contributed by atoms with Gasteiger partial charge in [0.25, 0.3) is 0 Å². The zero-order chi connectivity index (χ0) is 15.9. The molecule has 1 saturated carbocycles. The van der Waals surface area contributed by atoms with Crippen LogP contribution in [0.15, 0.2) is 48.7 Å². The molecule has 1 aromatic carbocycles. The van der Waals surface area contributed by atoms with E-state index in [0.29, 0.717) is 12.3 Å². The average molecular weight is 316 g/mol. The van der Waals surface area contributed by atoms with E-state index in [4.69, 9.17) is 10.1 Å². The number of nitrogens with zero attached hydrogens (tertiary/aromatic N) is 5. The fourth-order valence-corrected chi connectivity index (χ4v) is 2.89. The maximum absolute atomic E-state index is 4.77. The number of aromatic nitrogens is 6. The van der Waals surface area contributed by atoms with Gasteiger partial charge < -0.3 is 4.98 Å². The molecule has 24 heavy (non-hydrogen) atoms. The summed E-state index contributed by atoms with van der Waals surface area (Å²) in [5.41, 5.74) is 2.01. The molecule has 0 amide bonds. The van der Waals surface area contributed by atoms with E-state index in [1.165, 1.54) is 12.8 Å². The second kappa shape index (κ2) is 5.26. The standard InChI is InChI=1S/C18H16N6/c1-2-6-14-13(5-1)20-15(21-14)11-17-22-18(12-8-9-12)23-24(17)16-7-3-4-10-19-16/h1-7,10,12H,8-9,11H2,(H,20,21). The third-order valence-corrected chi connectivity index (χ3v) is 4.26. The molecule has 6 nitrogen and oxygen atoms in total. The summed E-state index contributed by atoms with van der Waals surface area (Å²) in [6.07, 6.45) is 4.73. The van der Waals surface area contributed by atoms with Crippen molar-refractivity contribution in [3.05, 3.63) is 66.1 Å². The van der Waals surface area contributed by atoms with E-state index in [9.17, 15) is 0 Å². The molecule has 0 aliphatic heterocycles. The van der Waals surface area contributed by atoms with Gasteiger partial charge in [-0.15, -0.1) is 5.10 Å². The molecule has 0 atom stereocenters. The SMILES string of the molecule is c1ccc(-n2nc(C3CC3)nc2Cc2nc3ccccc3[nH]2)nc1. The zero-order valence-corrected chi connectivity index (χ0v) is 13.1. The number of nitrogens with one attached hydrogen (secondary N) is 1. The Morgan fingerprint density at radius 1 is 1.04 bits per heavy atom. The third-order valence-electron chi connectivity index (χ3n) is 4.26. The maximum atomic E-state index is 4.77. The summed E-state index contributed by atoms with van der Waals surface area (Å²) in [5.74, 6) is 3.98. The van der Waals surface area contributed by atoms with Gasteiger partial charge in [-0.25, -0.2) is 15.0 Å². The third kappa shape index (κ3) is 2.36. The lowest BCUT2D eigenvalue weighted by Crippen LogP contribution is -2.06. The van der Waals surface area contributed by atoms with Gasteiger partial charge in [0, 0.05) is 12.1 Å². The Hall–Kier alpha value is -3.02. The molecule has 118 valence electrons. The first-order chi connectivity index (χ1) is 11.9. The second-order valence-electron chi connectivity index (χ2n) is 6.14. The molecule has 3 aromatic heterocycles. The molecule has 0 bridgehead atoms. The molecule has 0 unspecified atom stereocenters. The first-order valence-corrected chi connectivity index (χ1v) is 8.18. The van der Waals surface area contributed by atoms with E-state index in [2.05, 4.69) is 15.0 Å². The van der Waals surface area contributed by atoms with Gasteiger partial charge in [-0.1, -0.05) is 18.2 Å². The highest BCUT2D eigenvalue weighted by atomic mass is 15.4. The summed E-state index contributed by atoms with van der Waals surface area (Å²) in [6, 6.07) is 13.9. The largest absolute Gasteiger partial charge is 0.342 e. The normalized spacial score (nSPS) is 14.3. The molecule has 6 heteroatoms. The van der Waals surface area contributed by atoms with Gasteiger partial charge in [0.05, 0.1) is 17.5 Å². The van der Waals surface area contributed by atoms with E-state index in [-0.39, 0.29) is 0 Å². The Labute approximate surface area is 138 Å². The minimum Gasteiger partial charge on any atom is -0.342 e. The molecule has 1 fully saturated rings.